The van der Waals surface area contributed by atoms with Crippen LogP contribution in [0.4, 0.5) is 4.79 Å². The zero-order chi connectivity index (χ0) is 29.3. The van der Waals surface area contributed by atoms with E-state index in [-0.39, 0.29) is 35.3 Å². The van der Waals surface area contributed by atoms with Crippen LogP contribution in [0.5, 0.6) is 5.75 Å². The number of aliphatic hydroxyl groups excluding tert-OH is 1. The lowest BCUT2D eigenvalue weighted by Gasteiger charge is -2.32. The highest BCUT2D eigenvalue weighted by Gasteiger charge is 2.31. The molecule has 0 heterocycles. The third-order valence-corrected chi connectivity index (χ3v) is 6.97. The quantitative estimate of drug-likeness (QED) is 0.229. The first-order valence-corrected chi connectivity index (χ1v) is 14.2. The van der Waals surface area contributed by atoms with E-state index in [1.165, 1.54) is 0 Å². The molecule has 0 fully saturated rings. The summed E-state index contributed by atoms with van der Waals surface area (Å²) in [4.78, 5) is 25.2. The van der Waals surface area contributed by atoms with Gasteiger partial charge in [-0.2, -0.15) is 0 Å². The first-order valence-electron chi connectivity index (χ1n) is 14.2. The number of benzene rings is 1. The zero-order valence-electron chi connectivity index (χ0n) is 25.5. The van der Waals surface area contributed by atoms with Gasteiger partial charge in [0.15, 0.2) is 0 Å². The van der Waals surface area contributed by atoms with E-state index < -0.39 is 29.8 Å². The first-order chi connectivity index (χ1) is 17.4. The fraction of sp³-hybridized carbons (Fsp3) is 0.742. The van der Waals surface area contributed by atoms with Crippen LogP contribution in [0.15, 0.2) is 18.2 Å². The molecule has 1 aromatic carbocycles. The Balaban J connectivity index is 3.11. The van der Waals surface area contributed by atoms with Crippen molar-refractivity contribution in [1.29, 1.82) is 0 Å². The summed E-state index contributed by atoms with van der Waals surface area (Å²) in [6.07, 6.45) is 1.65. The molecule has 2 amide bonds. The number of nitrogens with one attached hydrogen (secondary N) is 2. The summed E-state index contributed by atoms with van der Waals surface area (Å²) >= 11 is 0. The summed E-state index contributed by atoms with van der Waals surface area (Å²) in [6.45, 7) is 20.4. The molecular formula is C31H54N2O5. The van der Waals surface area contributed by atoms with Gasteiger partial charge in [0, 0.05) is 12.5 Å². The van der Waals surface area contributed by atoms with Crippen molar-refractivity contribution in [2.75, 3.05) is 6.54 Å². The Kier molecular flexibility index (Phi) is 13.1. The van der Waals surface area contributed by atoms with Crippen molar-refractivity contribution < 1.29 is 24.5 Å². The number of alkyl carbamates (subject to hydrolysis) is 1. The summed E-state index contributed by atoms with van der Waals surface area (Å²) < 4.78 is 5.48. The van der Waals surface area contributed by atoms with E-state index >= 15 is 0 Å². The number of aromatic hydroxyl groups is 1. The van der Waals surface area contributed by atoms with Crippen LogP contribution in [0.25, 0.3) is 0 Å². The van der Waals surface area contributed by atoms with Gasteiger partial charge in [-0.15, -0.1) is 0 Å². The number of unbranched alkanes of at least 4 members (excludes halogenated alkanes) is 1. The first kappa shape index (κ1) is 33.7. The van der Waals surface area contributed by atoms with Gasteiger partial charge in [-0.05, 0) is 80.9 Å². The third kappa shape index (κ3) is 12.1. The second kappa shape index (κ2) is 14.8. The van der Waals surface area contributed by atoms with Gasteiger partial charge in [-0.25, -0.2) is 4.79 Å². The van der Waals surface area contributed by atoms with Crippen molar-refractivity contribution in [3.8, 4) is 5.75 Å². The minimum Gasteiger partial charge on any atom is -0.508 e. The maximum atomic E-state index is 12.7. The maximum Gasteiger partial charge on any atom is 0.407 e. The molecule has 1 aromatic rings. The van der Waals surface area contributed by atoms with Gasteiger partial charge in [0.1, 0.15) is 11.4 Å². The molecule has 1 rings (SSSR count). The number of ether oxygens (including phenoxy) is 1. The molecule has 0 saturated heterocycles. The molecule has 0 radical (unpaired) electrons. The van der Waals surface area contributed by atoms with Crippen LogP contribution < -0.4 is 10.6 Å². The minimum absolute atomic E-state index is 0.0599. The lowest BCUT2D eigenvalue weighted by atomic mass is 9.80. The van der Waals surface area contributed by atoms with Gasteiger partial charge in [0.25, 0.3) is 0 Å². The molecule has 0 aromatic heterocycles. The van der Waals surface area contributed by atoms with E-state index in [4.69, 9.17) is 4.74 Å². The van der Waals surface area contributed by atoms with Crippen LogP contribution >= 0.6 is 0 Å². The molecule has 4 N–H and O–H groups in total. The maximum absolute atomic E-state index is 12.7. The van der Waals surface area contributed by atoms with Crippen molar-refractivity contribution in [3.63, 3.8) is 0 Å². The number of carbonyl (C=O) groups excluding carboxylic acids is 2. The average Bonchev–Trinajstić information content (AvgIpc) is 2.76. The Hall–Kier alpha value is -2.28. The second-order valence-corrected chi connectivity index (χ2v) is 13.1. The van der Waals surface area contributed by atoms with Crippen LogP contribution in [0, 0.1) is 17.8 Å². The summed E-state index contributed by atoms with van der Waals surface area (Å²) in [7, 11) is 0. The molecular weight excluding hydrogens is 480 g/mol. The minimum atomic E-state index is -0.937. The van der Waals surface area contributed by atoms with E-state index in [1.54, 1.807) is 27.7 Å². The summed E-state index contributed by atoms with van der Waals surface area (Å²) in [5.41, 5.74) is 1.15. The molecule has 0 saturated carbocycles. The summed E-state index contributed by atoms with van der Waals surface area (Å²) in [5.74, 6) is 0.0398. The predicted molar refractivity (Wildman–Crippen MR) is 154 cm³/mol. The fourth-order valence-corrected chi connectivity index (χ4v) is 4.37. The number of rotatable bonds is 13. The molecule has 38 heavy (non-hydrogen) atoms. The Morgan fingerprint density at radius 3 is 2.16 bits per heavy atom. The van der Waals surface area contributed by atoms with Gasteiger partial charge in [0.05, 0.1) is 12.1 Å². The Morgan fingerprint density at radius 2 is 1.66 bits per heavy atom. The lowest BCUT2D eigenvalue weighted by molar-refractivity contribution is -0.125. The summed E-state index contributed by atoms with van der Waals surface area (Å²) in [5, 5.41) is 27.8. The fourth-order valence-electron chi connectivity index (χ4n) is 4.37. The number of phenols is 1. The Labute approximate surface area is 231 Å². The lowest BCUT2D eigenvalue weighted by Crippen LogP contribution is -2.48. The number of carbonyl (C=O) groups is 2. The van der Waals surface area contributed by atoms with E-state index in [1.807, 2.05) is 12.1 Å². The second-order valence-electron chi connectivity index (χ2n) is 13.1. The number of amides is 2. The average molecular weight is 535 g/mol. The van der Waals surface area contributed by atoms with Gasteiger partial charge in [-0.1, -0.05) is 67.0 Å². The highest BCUT2D eigenvalue weighted by Crippen LogP contribution is 2.32. The standard InChI is InChI=1S/C31H54N2O5/c1-11-12-15-32-28(36)21(4)16-27(35)25(33-29(37)38-31(8,9)10)18-23(20(2)3)17-22-13-14-24(19-26(22)34)30(5,6)7/h13-14,19-21,23,25,27,34-35H,11-12,15-18H2,1-10H3,(H,32,36)(H,33,37)/t21-,23+,25+,27+/m1/s1. The van der Waals surface area contributed by atoms with Crippen LogP contribution in [-0.4, -0.2) is 46.5 Å². The van der Waals surface area contributed by atoms with Crippen molar-refractivity contribution >= 4 is 12.0 Å². The predicted octanol–water partition coefficient (Wildman–Crippen LogP) is 6.09. The Morgan fingerprint density at radius 1 is 1.03 bits per heavy atom. The smallest absolute Gasteiger partial charge is 0.407 e. The molecule has 0 spiro atoms. The van der Waals surface area contributed by atoms with Crippen LogP contribution in [-0.2, 0) is 21.4 Å². The largest absolute Gasteiger partial charge is 0.508 e. The molecule has 0 aliphatic carbocycles. The SMILES string of the molecule is CCCCNC(=O)[C@H](C)C[C@H](O)[C@H](C[C@H](Cc1ccc(C(C)(C)C)cc1O)C(C)C)NC(=O)OC(C)(C)C. The topological polar surface area (TPSA) is 108 Å². The highest BCUT2D eigenvalue weighted by molar-refractivity contribution is 5.78. The van der Waals surface area contributed by atoms with Crippen molar-refractivity contribution in [1.82, 2.24) is 10.6 Å². The third-order valence-electron chi connectivity index (χ3n) is 6.97. The van der Waals surface area contributed by atoms with Crippen molar-refractivity contribution in [2.45, 2.75) is 125 Å². The van der Waals surface area contributed by atoms with Gasteiger partial charge in [-0.3, -0.25) is 4.79 Å². The molecule has 7 nitrogen and oxygen atoms in total. The van der Waals surface area contributed by atoms with Crippen molar-refractivity contribution in [3.05, 3.63) is 29.3 Å². The highest BCUT2D eigenvalue weighted by atomic mass is 16.6. The molecule has 4 atom stereocenters. The van der Waals surface area contributed by atoms with Crippen LogP contribution in [0.3, 0.4) is 0 Å². The van der Waals surface area contributed by atoms with E-state index in [0.29, 0.717) is 19.4 Å². The number of aliphatic hydroxyl groups is 1. The molecule has 218 valence electrons. The summed E-state index contributed by atoms with van der Waals surface area (Å²) in [6, 6.07) is 5.24. The number of phenolic OH excluding ortho intramolecular Hbond substituents is 1. The van der Waals surface area contributed by atoms with E-state index in [9.17, 15) is 19.8 Å². The monoisotopic (exact) mass is 534 g/mol. The molecule has 0 aliphatic rings. The molecule has 0 aliphatic heterocycles. The zero-order valence-corrected chi connectivity index (χ0v) is 25.5. The van der Waals surface area contributed by atoms with E-state index in [2.05, 4.69) is 58.2 Å². The van der Waals surface area contributed by atoms with E-state index in [0.717, 1.165) is 24.0 Å². The van der Waals surface area contributed by atoms with Crippen LogP contribution in [0.1, 0.15) is 106 Å². The van der Waals surface area contributed by atoms with Gasteiger partial charge < -0.3 is 25.6 Å². The van der Waals surface area contributed by atoms with Gasteiger partial charge >= 0.3 is 6.09 Å². The number of hydrogen-bond donors (Lipinski definition) is 4. The number of hydrogen-bond acceptors (Lipinski definition) is 5. The molecule has 0 bridgehead atoms. The van der Waals surface area contributed by atoms with Crippen LogP contribution in [0.2, 0.25) is 0 Å². The molecule has 0 unspecified atom stereocenters. The normalized spacial score (nSPS) is 15.5. The molecule has 7 heteroatoms. The van der Waals surface area contributed by atoms with Gasteiger partial charge in [0.2, 0.25) is 5.91 Å². The Bertz CT molecular complexity index is 885. The van der Waals surface area contributed by atoms with Crippen molar-refractivity contribution in [2.24, 2.45) is 17.8 Å².